The average molecular weight is 357 g/mol. The van der Waals surface area contributed by atoms with Crippen LogP contribution in [0.2, 0.25) is 0 Å². The van der Waals surface area contributed by atoms with E-state index in [0.717, 1.165) is 12.8 Å². The monoisotopic (exact) mass is 357 g/mol. The van der Waals surface area contributed by atoms with E-state index < -0.39 is 5.97 Å². The molecule has 2 aromatic heterocycles. The standard InChI is InChI=1S/C21H28N2O3/c1-6-16(7-2)17-9-11-23(12-10-17)13-18(24)19-14(4)22-15(5)20(19)21(25)26-8-3/h9-12,16H,6-8,13H2,1-5H3/p+1. The zero-order valence-electron chi connectivity index (χ0n) is 16.4. The number of hydrogen-bond acceptors (Lipinski definition) is 3. The highest BCUT2D eigenvalue weighted by atomic mass is 16.5. The highest BCUT2D eigenvalue weighted by Crippen LogP contribution is 2.22. The van der Waals surface area contributed by atoms with Crippen molar-refractivity contribution in [2.75, 3.05) is 6.61 Å². The van der Waals surface area contributed by atoms with Crippen molar-refractivity contribution in [3.05, 3.63) is 52.6 Å². The lowest BCUT2D eigenvalue weighted by Gasteiger charge is -2.11. The first kappa shape index (κ1) is 19.9. The molecule has 0 saturated carbocycles. The number of hydrogen-bond donors (Lipinski definition) is 1. The molecule has 0 fully saturated rings. The molecule has 0 saturated heterocycles. The molecule has 2 aromatic rings. The highest BCUT2D eigenvalue weighted by molar-refractivity contribution is 6.07. The van der Waals surface area contributed by atoms with E-state index in [2.05, 4.69) is 31.0 Å². The van der Waals surface area contributed by atoms with Gasteiger partial charge in [-0.3, -0.25) is 4.79 Å². The third-order valence-corrected chi connectivity index (χ3v) is 4.83. The van der Waals surface area contributed by atoms with Gasteiger partial charge in [0.2, 0.25) is 12.3 Å². The number of esters is 1. The van der Waals surface area contributed by atoms with Gasteiger partial charge in [-0.1, -0.05) is 13.8 Å². The Morgan fingerprint density at radius 1 is 1.04 bits per heavy atom. The molecule has 5 heteroatoms. The van der Waals surface area contributed by atoms with Gasteiger partial charge in [0.25, 0.3) is 0 Å². The summed E-state index contributed by atoms with van der Waals surface area (Å²) in [7, 11) is 0. The quantitative estimate of drug-likeness (QED) is 0.443. The van der Waals surface area contributed by atoms with E-state index in [1.54, 1.807) is 13.8 Å². The molecule has 0 amide bonds. The second-order valence-corrected chi connectivity index (χ2v) is 6.59. The maximum absolute atomic E-state index is 12.9. The van der Waals surface area contributed by atoms with Crippen LogP contribution in [0.15, 0.2) is 24.5 Å². The molecular formula is C21H29N2O3+. The summed E-state index contributed by atoms with van der Waals surface area (Å²) < 4.78 is 6.96. The predicted octanol–water partition coefficient (Wildman–Crippen LogP) is 3.88. The summed E-state index contributed by atoms with van der Waals surface area (Å²) in [5.74, 6) is -0.00713. The second kappa shape index (κ2) is 8.79. The van der Waals surface area contributed by atoms with Crippen molar-refractivity contribution in [2.45, 2.75) is 59.9 Å². The van der Waals surface area contributed by atoms with Gasteiger partial charge < -0.3 is 9.72 Å². The Balaban J connectivity index is 2.24. The van der Waals surface area contributed by atoms with Gasteiger partial charge in [0.05, 0.1) is 17.7 Å². The van der Waals surface area contributed by atoms with Gasteiger partial charge in [0.1, 0.15) is 0 Å². The number of aryl methyl sites for hydroxylation is 2. The van der Waals surface area contributed by atoms with Gasteiger partial charge in [0, 0.05) is 23.5 Å². The van der Waals surface area contributed by atoms with Crippen LogP contribution < -0.4 is 4.57 Å². The molecule has 0 aliphatic heterocycles. The van der Waals surface area contributed by atoms with E-state index >= 15 is 0 Å². The molecule has 26 heavy (non-hydrogen) atoms. The van der Waals surface area contributed by atoms with Crippen LogP contribution >= 0.6 is 0 Å². The number of pyridine rings is 1. The van der Waals surface area contributed by atoms with E-state index in [9.17, 15) is 9.59 Å². The van der Waals surface area contributed by atoms with Crippen molar-refractivity contribution in [3.8, 4) is 0 Å². The van der Waals surface area contributed by atoms with Crippen LogP contribution in [0.5, 0.6) is 0 Å². The molecule has 5 nitrogen and oxygen atoms in total. The van der Waals surface area contributed by atoms with Crippen molar-refractivity contribution in [2.24, 2.45) is 0 Å². The largest absolute Gasteiger partial charge is 0.462 e. The van der Waals surface area contributed by atoms with Gasteiger partial charge in [-0.2, -0.15) is 4.57 Å². The summed E-state index contributed by atoms with van der Waals surface area (Å²) in [5, 5.41) is 0. The Morgan fingerprint density at radius 3 is 2.15 bits per heavy atom. The van der Waals surface area contributed by atoms with E-state index in [4.69, 9.17) is 4.74 Å². The van der Waals surface area contributed by atoms with Crippen LogP contribution in [-0.4, -0.2) is 23.3 Å². The topological polar surface area (TPSA) is 63.0 Å². The molecule has 2 rings (SSSR count). The smallest absolute Gasteiger partial charge is 0.340 e. The molecule has 0 spiro atoms. The summed E-state index contributed by atoms with van der Waals surface area (Å²) in [6.07, 6.45) is 6.07. The van der Waals surface area contributed by atoms with E-state index in [1.807, 2.05) is 23.9 Å². The lowest BCUT2D eigenvalue weighted by atomic mass is 9.95. The van der Waals surface area contributed by atoms with Crippen molar-refractivity contribution < 1.29 is 18.9 Å². The fraction of sp³-hybridized carbons (Fsp3) is 0.476. The van der Waals surface area contributed by atoms with Gasteiger partial charge in [-0.15, -0.1) is 0 Å². The molecule has 0 radical (unpaired) electrons. The SMILES string of the molecule is CCOC(=O)c1c(C)[nH]c(C)c1C(=O)C[n+]1ccc(C(CC)CC)cc1. The summed E-state index contributed by atoms with van der Waals surface area (Å²) in [6.45, 7) is 10.2. The molecule has 0 aromatic carbocycles. The molecule has 0 unspecified atom stereocenters. The summed E-state index contributed by atoms with van der Waals surface area (Å²) in [4.78, 5) is 28.2. The number of carbonyl (C=O) groups is 2. The van der Waals surface area contributed by atoms with Crippen molar-refractivity contribution >= 4 is 11.8 Å². The number of ether oxygens (including phenoxy) is 1. The molecule has 0 aliphatic carbocycles. The molecule has 0 atom stereocenters. The highest BCUT2D eigenvalue weighted by Gasteiger charge is 2.27. The first-order chi connectivity index (χ1) is 12.4. The van der Waals surface area contributed by atoms with Crippen LogP contribution in [0.1, 0.15) is 77.2 Å². The maximum Gasteiger partial charge on any atom is 0.340 e. The van der Waals surface area contributed by atoms with Gasteiger partial charge in [0.15, 0.2) is 12.4 Å². The zero-order chi connectivity index (χ0) is 19.3. The van der Waals surface area contributed by atoms with Crippen LogP contribution in [-0.2, 0) is 11.3 Å². The Labute approximate surface area is 155 Å². The number of ketones is 1. The molecule has 2 heterocycles. The predicted molar refractivity (Wildman–Crippen MR) is 101 cm³/mol. The number of Topliss-reactive ketones (excluding diaryl/α,β-unsaturated/α-hetero) is 1. The first-order valence-electron chi connectivity index (χ1n) is 9.31. The number of rotatable bonds is 8. The number of aromatic amines is 1. The van der Waals surface area contributed by atoms with Crippen LogP contribution in [0.4, 0.5) is 0 Å². The number of aromatic nitrogens is 2. The molecular weight excluding hydrogens is 328 g/mol. The third kappa shape index (κ3) is 4.21. The molecule has 1 N–H and O–H groups in total. The number of carbonyl (C=O) groups excluding carboxylic acids is 2. The normalized spacial score (nSPS) is 11.0. The van der Waals surface area contributed by atoms with Gasteiger partial charge in [-0.25, -0.2) is 4.79 Å². The molecule has 0 aliphatic rings. The second-order valence-electron chi connectivity index (χ2n) is 6.59. The molecule has 140 valence electrons. The minimum absolute atomic E-state index is 0.102. The minimum atomic E-state index is -0.452. The lowest BCUT2D eigenvalue weighted by molar-refractivity contribution is -0.683. The Kier molecular flexibility index (Phi) is 6.72. The van der Waals surface area contributed by atoms with Crippen LogP contribution in [0.25, 0.3) is 0 Å². The van der Waals surface area contributed by atoms with Gasteiger partial charge in [-0.05, 0) is 45.1 Å². The zero-order valence-corrected chi connectivity index (χ0v) is 16.4. The Morgan fingerprint density at radius 2 is 1.62 bits per heavy atom. The summed E-state index contributed by atoms with van der Waals surface area (Å²) in [6, 6.07) is 4.15. The van der Waals surface area contributed by atoms with Gasteiger partial charge >= 0.3 is 5.97 Å². The Hall–Kier alpha value is -2.43. The first-order valence-corrected chi connectivity index (χ1v) is 9.31. The number of nitrogens with one attached hydrogen (secondary N) is 1. The average Bonchev–Trinajstić information content (AvgIpc) is 2.92. The number of H-pyrrole nitrogens is 1. The summed E-state index contributed by atoms with van der Waals surface area (Å²) in [5.41, 5.74) is 3.43. The fourth-order valence-electron chi connectivity index (χ4n) is 3.44. The number of nitrogens with zero attached hydrogens (tertiary/aromatic N) is 1. The lowest BCUT2D eigenvalue weighted by Crippen LogP contribution is -2.37. The maximum atomic E-state index is 12.9. The van der Waals surface area contributed by atoms with Crippen molar-refractivity contribution in [3.63, 3.8) is 0 Å². The van der Waals surface area contributed by atoms with E-state index in [-0.39, 0.29) is 18.9 Å². The van der Waals surface area contributed by atoms with Crippen molar-refractivity contribution in [1.82, 2.24) is 4.98 Å². The third-order valence-electron chi connectivity index (χ3n) is 4.83. The summed E-state index contributed by atoms with van der Waals surface area (Å²) >= 11 is 0. The van der Waals surface area contributed by atoms with Crippen LogP contribution in [0, 0.1) is 13.8 Å². The fourth-order valence-corrected chi connectivity index (χ4v) is 3.44. The van der Waals surface area contributed by atoms with Crippen LogP contribution in [0.3, 0.4) is 0 Å². The molecule has 0 bridgehead atoms. The van der Waals surface area contributed by atoms with E-state index in [0.29, 0.717) is 28.4 Å². The van der Waals surface area contributed by atoms with Crippen molar-refractivity contribution in [1.29, 1.82) is 0 Å². The Bertz CT molecular complexity index is 771. The van der Waals surface area contributed by atoms with E-state index in [1.165, 1.54) is 5.56 Å². The minimum Gasteiger partial charge on any atom is -0.462 e.